The van der Waals surface area contributed by atoms with E-state index >= 15 is 0 Å². The Morgan fingerprint density at radius 3 is 2.10 bits per heavy atom. The summed E-state index contributed by atoms with van der Waals surface area (Å²) in [4.78, 5) is 0. The molecule has 1 aromatic carbocycles. The Labute approximate surface area is 118 Å². The van der Waals surface area contributed by atoms with Crippen molar-refractivity contribution in [3.63, 3.8) is 0 Å². The molecule has 1 saturated heterocycles. The van der Waals surface area contributed by atoms with E-state index in [2.05, 4.69) is 0 Å². The van der Waals surface area contributed by atoms with Crippen molar-refractivity contribution < 1.29 is 22.8 Å². The van der Waals surface area contributed by atoms with Crippen LogP contribution in [-0.4, -0.2) is 25.4 Å². The van der Waals surface area contributed by atoms with Crippen LogP contribution in [0.2, 0.25) is 0 Å². The molecule has 2 rings (SSSR count). The average Bonchev–Trinajstić information content (AvgIpc) is 2.57. The summed E-state index contributed by atoms with van der Waals surface area (Å²) in [6.45, 7) is 7.54. The molecule has 1 aliphatic heterocycles. The van der Waals surface area contributed by atoms with Crippen molar-refractivity contribution in [3.05, 3.63) is 23.8 Å². The standard InChI is InChI=1S/C14H19BF2O3/c1-13(2)14(3,4)20-15(19-13)11-8-9(18-5)6-7-10(11)12(16)17/h6-8,12H,1-5H3. The van der Waals surface area contributed by atoms with Gasteiger partial charge in [-0.3, -0.25) is 0 Å². The van der Waals surface area contributed by atoms with Crippen LogP contribution in [0.5, 0.6) is 5.75 Å². The van der Waals surface area contributed by atoms with Crippen LogP contribution in [0.3, 0.4) is 0 Å². The molecule has 0 aromatic heterocycles. The van der Waals surface area contributed by atoms with E-state index in [-0.39, 0.29) is 5.56 Å². The zero-order valence-electron chi connectivity index (χ0n) is 12.4. The first-order valence-electron chi connectivity index (χ1n) is 6.49. The van der Waals surface area contributed by atoms with Crippen LogP contribution in [0.1, 0.15) is 39.7 Å². The Hall–Kier alpha value is -1.14. The molecule has 6 heteroatoms. The number of hydrogen-bond acceptors (Lipinski definition) is 3. The molecule has 0 unspecified atom stereocenters. The number of halogens is 2. The highest BCUT2D eigenvalue weighted by atomic mass is 19.3. The minimum absolute atomic E-state index is 0.0932. The van der Waals surface area contributed by atoms with Crippen LogP contribution < -0.4 is 10.2 Å². The van der Waals surface area contributed by atoms with E-state index in [1.165, 1.54) is 19.2 Å². The van der Waals surface area contributed by atoms with Crippen LogP contribution in [0.15, 0.2) is 18.2 Å². The predicted octanol–water partition coefficient (Wildman–Crippen LogP) is 2.93. The number of alkyl halides is 2. The number of ether oxygens (including phenoxy) is 1. The smallest absolute Gasteiger partial charge is 0.495 e. The van der Waals surface area contributed by atoms with Crippen LogP contribution in [0.25, 0.3) is 0 Å². The Kier molecular flexibility index (Phi) is 3.82. The summed E-state index contributed by atoms with van der Waals surface area (Å²) in [7, 11) is 0.671. The van der Waals surface area contributed by atoms with Crippen molar-refractivity contribution in [2.24, 2.45) is 0 Å². The van der Waals surface area contributed by atoms with Gasteiger partial charge in [0.2, 0.25) is 0 Å². The second kappa shape index (κ2) is 5.00. The Morgan fingerprint density at radius 2 is 1.65 bits per heavy atom. The van der Waals surface area contributed by atoms with Crippen molar-refractivity contribution in [1.82, 2.24) is 0 Å². The van der Waals surface area contributed by atoms with Gasteiger partial charge in [0.1, 0.15) is 5.75 Å². The summed E-state index contributed by atoms with van der Waals surface area (Å²) < 4.78 is 43.1. The molecule has 20 heavy (non-hydrogen) atoms. The number of rotatable bonds is 3. The predicted molar refractivity (Wildman–Crippen MR) is 73.7 cm³/mol. The largest absolute Gasteiger partial charge is 0.497 e. The molecule has 0 saturated carbocycles. The molecular formula is C14H19BF2O3. The molecule has 1 heterocycles. The lowest BCUT2D eigenvalue weighted by molar-refractivity contribution is 0.00578. The van der Waals surface area contributed by atoms with Crippen molar-refractivity contribution >= 4 is 12.6 Å². The van der Waals surface area contributed by atoms with Gasteiger partial charge in [0.15, 0.2) is 0 Å². The number of methoxy groups -OCH3 is 1. The molecule has 1 aliphatic rings. The van der Waals surface area contributed by atoms with Crippen LogP contribution in [-0.2, 0) is 9.31 Å². The minimum Gasteiger partial charge on any atom is -0.497 e. The van der Waals surface area contributed by atoms with Crippen LogP contribution >= 0.6 is 0 Å². The average molecular weight is 284 g/mol. The fraction of sp³-hybridized carbons (Fsp3) is 0.571. The van der Waals surface area contributed by atoms with Crippen molar-refractivity contribution in [2.75, 3.05) is 7.11 Å². The maximum Gasteiger partial charge on any atom is 0.495 e. The zero-order valence-corrected chi connectivity index (χ0v) is 12.4. The van der Waals surface area contributed by atoms with Gasteiger partial charge in [-0.1, -0.05) is 6.07 Å². The van der Waals surface area contributed by atoms with E-state index in [4.69, 9.17) is 14.0 Å². The Balaban J connectivity index is 2.42. The number of hydrogen-bond donors (Lipinski definition) is 0. The van der Waals surface area contributed by atoms with Crippen LogP contribution in [0.4, 0.5) is 8.78 Å². The SMILES string of the molecule is COc1ccc(C(F)F)c(B2OC(C)(C)C(C)(C)O2)c1. The van der Waals surface area contributed by atoms with Gasteiger partial charge < -0.3 is 14.0 Å². The summed E-state index contributed by atoms with van der Waals surface area (Å²) in [6.07, 6.45) is -2.59. The molecule has 0 bridgehead atoms. The van der Waals surface area contributed by atoms with Gasteiger partial charge in [0.05, 0.1) is 18.3 Å². The molecule has 1 aromatic rings. The topological polar surface area (TPSA) is 27.7 Å². The summed E-state index contributed by atoms with van der Waals surface area (Å²) in [5.41, 5.74) is -0.914. The molecule has 0 radical (unpaired) electrons. The highest BCUT2D eigenvalue weighted by Crippen LogP contribution is 2.37. The lowest BCUT2D eigenvalue weighted by atomic mass is 9.76. The first-order valence-corrected chi connectivity index (χ1v) is 6.49. The van der Waals surface area contributed by atoms with Gasteiger partial charge in [-0.15, -0.1) is 0 Å². The summed E-state index contributed by atoms with van der Waals surface area (Å²) in [6, 6.07) is 4.41. The van der Waals surface area contributed by atoms with Gasteiger partial charge in [-0.25, -0.2) is 8.78 Å². The van der Waals surface area contributed by atoms with Gasteiger partial charge in [0, 0.05) is 5.56 Å². The van der Waals surface area contributed by atoms with E-state index in [9.17, 15) is 8.78 Å². The van der Waals surface area contributed by atoms with Gasteiger partial charge >= 0.3 is 7.12 Å². The third kappa shape index (κ3) is 2.54. The Bertz CT molecular complexity index is 487. The zero-order chi connectivity index (χ0) is 15.1. The molecule has 0 N–H and O–H groups in total. The summed E-state index contributed by atoms with van der Waals surface area (Å²) in [5, 5.41) is 0. The van der Waals surface area contributed by atoms with E-state index < -0.39 is 24.7 Å². The van der Waals surface area contributed by atoms with Gasteiger partial charge in [-0.2, -0.15) is 0 Å². The van der Waals surface area contributed by atoms with E-state index in [1.807, 2.05) is 27.7 Å². The fourth-order valence-corrected chi connectivity index (χ4v) is 2.05. The summed E-state index contributed by atoms with van der Waals surface area (Å²) >= 11 is 0. The van der Waals surface area contributed by atoms with Gasteiger partial charge in [-0.05, 0) is 45.3 Å². The normalized spacial score (nSPS) is 20.5. The van der Waals surface area contributed by atoms with E-state index in [1.54, 1.807) is 6.07 Å². The first kappa shape index (κ1) is 15.3. The quantitative estimate of drug-likeness (QED) is 0.799. The minimum atomic E-state index is -2.59. The molecular weight excluding hydrogens is 265 g/mol. The van der Waals surface area contributed by atoms with Gasteiger partial charge in [0.25, 0.3) is 6.43 Å². The third-order valence-corrected chi connectivity index (χ3v) is 4.04. The maximum absolute atomic E-state index is 13.1. The number of benzene rings is 1. The third-order valence-electron chi connectivity index (χ3n) is 4.04. The molecule has 0 amide bonds. The molecule has 0 aliphatic carbocycles. The molecule has 0 atom stereocenters. The first-order chi connectivity index (χ1) is 9.18. The molecule has 0 spiro atoms. The lowest BCUT2D eigenvalue weighted by Gasteiger charge is -2.32. The highest BCUT2D eigenvalue weighted by Gasteiger charge is 2.52. The van der Waals surface area contributed by atoms with Crippen molar-refractivity contribution in [2.45, 2.75) is 45.3 Å². The van der Waals surface area contributed by atoms with E-state index in [0.717, 1.165) is 0 Å². The van der Waals surface area contributed by atoms with Crippen LogP contribution in [0, 0.1) is 0 Å². The molecule has 1 fully saturated rings. The maximum atomic E-state index is 13.1. The Morgan fingerprint density at radius 1 is 1.10 bits per heavy atom. The monoisotopic (exact) mass is 284 g/mol. The highest BCUT2D eigenvalue weighted by molar-refractivity contribution is 6.62. The molecule has 110 valence electrons. The second-order valence-corrected chi connectivity index (χ2v) is 5.88. The second-order valence-electron chi connectivity index (χ2n) is 5.88. The van der Waals surface area contributed by atoms with E-state index in [0.29, 0.717) is 11.2 Å². The lowest BCUT2D eigenvalue weighted by Crippen LogP contribution is -2.41. The molecule has 3 nitrogen and oxygen atoms in total. The summed E-state index contributed by atoms with van der Waals surface area (Å²) in [5.74, 6) is 0.499. The fourth-order valence-electron chi connectivity index (χ4n) is 2.05. The van der Waals surface area contributed by atoms with Crippen molar-refractivity contribution in [1.29, 1.82) is 0 Å². The van der Waals surface area contributed by atoms with Crippen molar-refractivity contribution in [3.8, 4) is 5.75 Å².